The molecule has 0 aliphatic carbocycles. The van der Waals surface area contributed by atoms with E-state index in [1.807, 2.05) is 0 Å². The number of fused-ring (bicyclic) bond motifs is 3. The standard InChI is InChI=1S/C18H25FN2O/c19-15-1-3-16(4-2-15)22-17-7-11-21(12-8-17)18-13-20-9-5-14(18)6-10-20/h1-4,14,17-18H,5-13H2/t18-/m1/s1. The van der Waals surface area contributed by atoms with Crippen LogP contribution in [0.25, 0.3) is 0 Å². The summed E-state index contributed by atoms with van der Waals surface area (Å²) in [5.41, 5.74) is 0. The van der Waals surface area contributed by atoms with E-state index in [0.29, 0.717) is 0 Å². The molecule has 0 saturated carbocycles. The Morgan fingerprint density at radius 2 is 1.59 bits per heavy atom. The van der Waals surface area contributed by atoms with Gasteiger partial charge < -0.3 is 9.64 Å². The molecule has 120 valence electrons. The second-order valence-electron chi connectivity index (χ2n) is 7.01. The van der Waals surface area contributed by atoms with Gasteiger partial charge >= 0.3 is 0 Å². The molecule has 0 unspecified atom stereocenters. The number of benzene rings is 1. The highest BCUT2D eigenvalue weighted by atomic mass is 19.1. The van der Waals surface area contributed by atoms with Crippen molar-refractivity contribution in [3.63, 3.8) is 0 Å². The molecule has 0 N–H and O–H groups in total. The van der Waals surface area contributed by atoms with Gasteiger partial charge in [-0.05, 0) is 69.0 Å². The van der Waals surface area contributed by atoms with Crippen LogP contribution in [0.1, 0.15) is 25.7 Å². The normalized spacial score (nSPS) is 33.0. The molecule has 0 spiro atoms. The average Bonchev–Trinajstić information content (AvgIpc) is 2.59. The van der Waals surface area contributed by atoms with Crippen molar-refractivity contribution in [2.45, 2.75) is 37.8 Å². The van der Waals surface area contributed by atoms with Gasteiger partial charge in [-0.2, -0.15) is 0 Å². The number of hydrogen-bond acceptors (Lipinski definition) is 3. The average molecular weight is 304 g/mol. The topological polar surface area (TPSA) is 15.7 Å². The van der Waals surface area contributed by atoms with Crippen LogP contribution in [-0.4, -0.2) is 54.7 Å². The predicted molar refractivity (Wildman–Crippen MR) is 84.6 cm³/mol. The third-order valence-corrected chi connectivity index (χ3v) is 5.68. The zero-order chi connectivity index (χ0) is 14.9. The second kappa shape index (κ2) is 6.17. The molecule has 1 aromatic rings. The van der Waals surface area contributed by atoms with E-state index in [-0.39, 0.29) is 11.9 Å². The molecule has 4 heteroatoms. The number of ether oxygens (including phenoxy) is 1. The Labute approximate surface area is 132 Å². The Balaban J connectivity index is 1.30. The molecule has 0 radical (unpaired) electrons. The van der Waals surface area contributed by atoms with Crippen molar-refractivity contribution in [2.24, 2.45) is 5.92 Å². The van der Waals surface area contributed by atoms with Crippen molar-refractivity contribution in [3.8, 4) is 5.75 Å². The molecule has 4 saturated heterocycles. The SMILES string of the molecule is Fc1ccc(OC2CCN([C@@H]3CN4CCC3CC4)CC2)cc1. The number of hydrogen-bond donors (Lipinski definition) is 0. The lowest BCUT2D eigenvalue weighted by Gasteiger charge is -2.50. The molecular formula is C18H25FN2O. The fourth-order valence-corrected chi connectivity index (χ4v) is 4.38. The highest BCUT2D eigenvalue weighted by Gasteiger charge is 2.38. The van der Waals surface area contributed by atoms with Crippen LogP contribution in [0.2, 0.25) is 0 Å². The van der Waals surface area contributed by atoms with Crippen LogP contribution >= 0.6 is 0 Å². The summed E-state index contributed by atoms with van der Waals surface area (Å²) >= 11 is 0. The second-order valence-corrected chi connectivity index (χ2v) is 7.01. The number of halogens is 1. The Morgan fingerprint density at radius 1 is 0.909 bits per heavy atom. The number of nitrogens with zero attached hydrogens (tertiary/aromatic N) is 2. The zero-order valence-electron chi connectivity index (χ0n) is 13.1. The summed E-state index contributed by atoms with van der Waals surface area (Å²) in [7, 11) is 0. The van der Waals surface area contributed by atoms with Gasteiger partial charge in [-0.25, -0.2) is 4.39 Å². The predicted octanol–water partition coefficient (Wildman–Crippen LogP) is 2.76. The van der Waals surface area contributed by atoms with Gasteiger partial charge in [0, 0.05) is 25.7 Å². The van der Waals surface area contributed by atoms with Gasteiger partial charge in [-0.3, -0.25) is 4.90 Å². The molecule has 4 fully saturated rings. The summed E-state index contributed by atoms with van der Waals surface area (Å²) in [6.07, 6.45) is 5.22. The molecule has 0 amide bonds. The van der Waals surface area contributed by atoms with Crippen molar-refractivity contribution in [2.75, 3.05) is 32.7 Å². The number of piperidine rings is 4. The maximum Gasteiger partial charge on any atom is 0.123 e. The van der Waals surface area contributed by atoms with Crippen LogP contribution in [0.4, 0.5) is 4.39 Å². The first-order valence-corrected chi connectivity index (χ1v) is 8.66. The van der Waals surface area contributed by atoms with Crippen LogP contribution in [-0.2, 0) is 0 Å². The summed E-state index contributed by atoms with van der Waals surface area (Å²) in [6, 6.07) is 7.17. The van der Waals surface area contributed by atoms with E-state index in [4.69, 9.17) is 4.74 Å². The minimum atomic E-state index is -0.204. The summed E-state index contributed by atoms with van der Waals surface area (Å²) in [6.45, 7) is 6.17. The van der Waals surface area contributed by atoms with Gasteiger partial charge in [-0.1, -0.05) is 0 Å². The van der Waals surface area contributed by atoms with E-state index >= 15 is 0 Å². The van der Waals surface area contributed by atoms with Crippen LogP contribution in [0.5, 0.6) is 5.75 Å². The van der Waals surface area contributed by atoms with Gasteiger partial charge in [0.15, 0.2) is 0 Å². The third kappa shape index (κ3) is 2.99. The van der Waals surface area contributed by atoms with Crippen molar-refractivity contribution in [3.05, 3.63) is 30.1 Å². The molecule has 4 aliphatic heterocycles. The lowest BCUT2D eigenvalue weighted by Crippen LogP contribution is -2.59. The maximum atomic E-state index is 12.9. The van der Waals surface area contributed by atoms with Crippen molar-refractivity contribution < 1.29 is 9.13 Å². The van der Waals surface area contributed by atoms with Crippen LogP contribution in [0.15, 0.2) is 24.3 Å². The summed E-state index contributed by atoms with van der Waals surface area (Å²) in [4.78, 5) is 5.33. The van der Waals surface area contributed by atoms with Crippen LogP contribution in [0, 0.1) is 11.7 Å². The van der Waals surface area contributed by atoms with Crippen molar-refractivity contribution >= 4 is 0 Å². The lowest BCUT2D eigenvalue weighted by molar-refractivity contribution is -0.0178. The molecule has 4 aliphatic rings. The first kappa shape index (κ1) is 14.5. The fraction of sp³-hybridized carbons (Fsp3) is 0.667. The summed E-state index contributed by atoms with van der Waals surface area (Å²) in [5.74, 6) is 1.51. The van der Waals surface area contributed by atoms with E-state index < -0.39 is 0 Å². The molecule has 3 nitrogen and oxygen atoms in total. The highest BCUT2D eigenvalue weighted by molar-refractivity contribution is 5.22. The lowest BCUT2D eigenvalue weighted by atomic mass is 9.82. The molecule has 5 rings (SSSR count). The number of likely N-dealkylation sites (tertiary alicyclic amines) is 1. The minimum absolute atomic E-state index is 0.204. The van der Waals surface area contributed by atoms with Crippen LogP contribution < -0.4 is 4.74 Å². The van der Waals surface area contributed by atoms with E-state index in [1.165, 1.54) is 44.6 Å². The first-order chi connectivity index (χ1) is 10.8. The molecule has 2 bridgehead atoms. The van der Waals surface area contributed by atoms with Gasteiger partial charge in [0.05, 0.1) is 0 Å². The maximum absolute atomic E-state index is 12.9. The van der Waals surface area contributed by atoms with Crippen molar-refractivity contribution in [1.82, 2.24) is 9.80 Å². The Kier molecular flexibility index (Phi) is 4.05. The van der Waals surface area contributed by atoms with E-state index in [1.54, 1.807) is 12.1 Å². The van der Waals surface area contributed by atoms with E-state index in [0.717, 1.165) is 43.6 Å². The monoisotopic (exact) mass is 304 g/mol. The number of rotatable bonds is 3. The Morgan fingerprint density at radius 3 is 2.18 bits per heavy atom. The third-order valence-electron chi connectivity index (χ3n) is 5.68. The molecular weight excluding hydrogens is 279 g/mol. The van der Waals surface area contributed by atoms with Crippen molar-refractivity contribution in [1.29, 1.82) is 0 Å². The van der Waals surface area contributed by atoms with Gasteiger partial charge in [0.25, 0.3) is 0 Å². The molecule has 1 aromatic carbocycles. The molecule has 0 aromatic heterocycles. The van der Waals surface area contributed by atoms with Gasteiger partial charge in [0.2, 0.25) is 0 Å². The Hall–Kier alpha value is -1.13. The highest BCUT2D eigenvalue weighted by Crippen LogP contribution is 2.32. The van der Waals surface area contributed by atoms with E-state index in [9.17, 15) is 4.39 Å². The van der Waals surface area contributed by atoms with Crippen LogP contribution in [0.3, 0.4) is 0 Å². The van der Waals surface area contributed by atoms with E-state index in [2.05, 4.69) is 9.80 Å². The minimum Gasteiger partial charge on any atom is -0.490 e. The Bertz CT molecular complexity index is 490. The van der Waals surface area contributed by atoms with Gasteiger partial charge in [-0.15, -0.1) is 0 Å². The molecule has 4 heterocycles. The smallest absolute Gasteiger partial charge is 0.123 e. The molecule has 22 heavy (non-hydrogen) atoms. The largest absolute Gasteiger partial charge is 0.490 e. The van der Waals surface area contributed by atoms with Gasteiger partial charge in [0.1, 0.15) is 17.7 Å². The fourth-order valence-electron chi connectivity index (χ4n) is 4.38. The summed E-state index contributed by atoms with van der Waals surface area (Å²) < 4.78 is 18.9. The first-order valence-electron chi connectivity index (χ1n) is 8.66. The zero-order valence-corrected chi connectivity index (χ0v) is 13.1. The molecule has 1 atom stereocenters. The summed E-state index contributed by atoms with van der Waals surface area (Å²) in [5, 5.41) is 0. The quantitative estimate of drug-likeness (QED) is 0.854.